The lowest BCUT2D eigenvalue weighted by Gasteiger charge is -2.44. The van der Waals surface area contributed by atoms with Gasteiger partial charge in [0, 0.05) is 22.3 Å². The predicted molar refractivity (Wildman–Crippen MR) is 223 cm³/mol. The summed E-state index contributed by atoms with van der Waals surface area (Å²) in [5.74, 6) is 0.668. The van der Waals surface area contributed by atoms with Gasteiger partial charge in [-0.2, -0.15) is 0 Å². The van der Waals surface area contributed by atoms with Crippen molar-refractivity contribution < 1.29 is 0 Å². The van der Waals surface area contributed by atoms with E-state index in [2.05, 4.69) is 207 Å². The van der Waals surface area contributed by atoms with Crippen molar-refractivity contribution in [2.75, 3.05) is 4.90 Å². The van der Waals surface area contributed by atoms with Crippen molar-refractivity contribution in [2.24, 2.45) is 11.8 Å². The number of fused-ring (bicyclic) bond motifs is 5. The molecule has 3 atom stereocenters. The number of hydrogen-bond acceptors (Lipinski definition) is 1. The van der Waals surface area contributed by atoms with Crippen LogP contribution in [0.5, 0.6) is 0 Å². The van der Waals surface area contributed by atoms with Crippen molar-refractivity contribution in [1.29, 1.82) is 0 Å². The molecule has 3 unspecified atom stereocenters. The molecule has 1 nitrogen and oxygen atoms in total. The zero-order valence-electron chi connectivity index (χ0n) is 30.4. The Bertz CT molecular complexity index is 2390. The van der Waals surface area contributed by atoms with E-state index in [4.69, 9.17) is 0 Å². The van der Waals surface area contributed by atoms with Crippen molar-refractivity contribution in [2.45, 2.75) is 37.5 Å². The van der Waals surface area contributed by atoms with E-state index < -0.39 is 0 Å². The van der Waals surface area contributed by atoms with Gasteiger partial charge in [0.15, 0.2) is 0 Å². The summed E-state index contributed by atoms with van der Waals surface area (Å²) in [6, 6.07) is 54.5. The number of hydrogen-bond donors (Lipinski definition) is 0. The van der Waals surface area contributed by atoms with E-state index in [0.717, 1.165) is 12.8 Å². The summed E-state index contributed by atoms with van der Waals surface area (Å²) in [5.41, 5.74) is 16.7. The molecule has 256 valence electrons. The number of nitrogens with zero attached hydrogens (tertiary/aromatic N) is 1. The Kier molecular flexibility index (Phi) is 7.41. The van der Waals surface area contributed by atoms with Crippen LogP contribution in [0.4, 0.5) is 17.1 Å². The molecular weight excluding hydrogens is 639 g/mol. The van der Waals surface area contributed by atoms with Crippen LogP contribution in [0.3, 0.4) is 0 Å². The smallest absolute Gasteiger partial charge is 0.0540 e. The number of allylic oxidation sites excluding steroid dienone is 8. The molecule has 0 radical (unpaired) electrons. The maximum Gasteiger partial charge on any atom is 0.0540 e. The fourth-order valence-electron chi connectivity index (χ4n) is 10.2. The zero-order valence-corrected chi connectivity index (χ0v) is 30.4. The highest BCUT2D eigenvalue weighted by Crippen LogP contribution is 2.64. The molecule has 0 aromatic heterocycles. The Balaban J connectivity index is 1.26. The fraction of sp³-hybridized carbons (Fsp3) is 0.154. The standard InChI is InChI=1S/C52H43N/c1-51(2)45-34-38(36-18-7-3-8-19-36)30-32-47(45)53(48-33-31-39(35-46(48)51)37-20-9-4-10-21-37)49-29-17-28-44-50(49)42-26-15-16-27-43(42)52(44,40-22-11-5-12-23-40)41-24-13-6-14-25-41/h3-24,26,28-35,41,43H,25,27H2,1-2H3. The van der Waals surface area contributed by atoms with E-state index in [1.165, 1.54) is 72.7 Å². The van der Waals surface area contributed by atoms with Gasteiger partial charge in [-0.25, -0.2) is 0 Å². The molecule has 0 saturated carbocycles. The van der Waals surface area contributed by atoms with Crippen LogP contribution < -0.4 is 4.90 Å². The van der Waals surface area contributed by atoms with Gasteiger partial charge < -0.3 is 4.90 Å². The molecule has 53 heavy (non-hydrogen) atoms. The molecule has 0 fully saturated rings. The van der Waals surface area contributed by atoms with Crippen molar-refractivity contribution in [3.8, 4) is 22.3 Å². The Morgan fingerprint density at radius 2 is 1.11 bits per heavy atom. The summed E-state index contributed by atoms with van der Waals surface area (Å²) in [5, 5.41) is 0. The molecule has 6 aromatic carbocycles. The van der Waals surface area contributed by atoms with Crippen LogP contribution >= 0.6 is 0 Å². The van der Waals surface area contributed by atoms with Gasteiger partial charge in [0.05, 0.1) is 17.1 Å². The van der Waals surface area contributed by atoms with E-state index in [1.807, 2.05) is 0 Å². The third kappa shape index (κ3) is 4.76. The van der Waals surface area contributed by atoms with Crippen molar-refractivity contribution >= 4 is 22.6 Å². The quantitative estimate of drug-likeness (QED) is 0.175. The number of rotatable bonds is 5. The highest BCUT2D eigenvalue weighted by Gasteiger charge is 2.55. The average Bonchev–Trinajstić information content (AvgIpc) is 3.54. The van der Waals surface area contributed by atoms with Crippen LogP contribution in [0.2, 0.25) is 0 Å². The molecule has 10 rings (SSSR count). The summed E-state index contributed by atoms with van der Waals surface area (Å²) < 4.78 is 0. The molecule has 0 saturated heterocycles. The summed E-state index contributed by atoms with van der Waals surface area (Å²) in [7, 11) is 0. The summed E-state index contributed by atoms with van der Waals surface area (Å²) in [4.78, 5) is 2.60. The third-order valence-electron chi connectivity index (χ3n) is 12.6. The van der Waals surface area contributed by atoms with Gasteiger partial charge in [-0.15, -0.1) is 0 Å². The van der Waals surface area contributed by atoms with Crippen molar-refractivity contribution in [3.63, 3.8) is 0 Å². The minimum Gasteiger partial charge on any atom is -0.309 e. The Morgan fingerprint density at radius 3 is 1.72 bits per heavy atom. The van der Waals surface area contributed by atoms with Gasteiger partial charge in [-0.3, -0.25) is 0 Å². The molecule has 6 aromatic rings. The lowest BCUT2D eigenvalue weighted by molar-refractivity contribution is 0.311. The molecule has 0 spiro atoms. The molecule has 0 amide bonds. The van der Waals surface area contributed by atoms with Gasteiger partial charge in [-0.1, -0.05) is 172 Å². The maximum atomic E-state index is 2.60. The Labute approximate surface area is 314 Å². The monoisotopic (exact) mass is 681 g/mol. The lowest BCUT2D eigenvalue weighted by atomic mass is 9.58. The Morgan fingerprint density at radius 1 is 0.509 bits per heavy atom. The van der Waals surface area contributed by atoms with E-state index >= 15 is 0 Å². The molecule has 3 aliphatic carbocycles. The van der Waals surface area contributed by atoms with Gasteiger partial charge in [0.1, 0.15) is 0 Å². The van der Waals surface area contributed by atoms with E-state index in [-0.39, 0.29) is 10.8 Å². The maximum absolute atomic E-state index is 2.60. The second-order valence-electron chi connectivity index (χ2n) is 15.6. The van der Waals surface area contributed by atoms with E-state index in [9.17, 15) is 0 Å². The second-order valence-corrected chi connectivity index (χ2v) is 15.6. The minimum atomic E-state index is -0.239. The van der Waals surface area contributed by atoms with Gasteiger partial charge in [-0.05, 0) is 99.2 Å². The van der Waals surface area contributed by atoms with Crippen molar-refractivity contribution in [1.82, 2.24) is 0 Å². The van der Waals surface area contributed by atoms with Gasteiger partial charge in [0.25, 0.3) is 0 Å². The minimum absolute atomic E-state index is 0.195. The first kappa shape index (κ1) is 31.8. The summed E-state index contributed by atoms with van der Waals surface area (Å²) in [6.07, 6.45) is 18.5. The van der Waals surface area contributed by atoms with Crippen LogP contribution in [0.1, 0.15) is 54.5 Å². The van der Waals surface area contributed by atoms with Crippen LogP contribution in [0.25, 0.3) is 27.8 Å². The first-order valence-electron chi connectivity index (χ1n) is 19.2. The summed E-state index contributed by atoms with van der Waals surface area (Å²) >= 11 is 0. The normalized spacial score (nSPS) is 21.7. The van der Waals surface area contributed by atoms with E-state index in [1.54, 1.807) is 0 Å². The topological polar surface area (TPSA) is 3.24 Å². The Hall–Kier alpha value is -5.92. The predicted octanol–water partition coefficient (Wildman–Crippen LogP) is 13.5. The number of anilines is 3. The van der Waals surface area contributed by atoms with Crippen molar-refractivity contribution in [3.05, 3.63) is 216 Å². The highest BCUT2D eigenvalue weighted by molar-refractivity contribution is 5.97. The van der Waals surface area contributed by atoms with Crippen LogP contribution in [-0.4, -0.2) is 0 Å². The average molecular weight is 682 g/mol. The van der Waals surface area contributed by atoms with Gasteiger partial charge >= 0.3 is 0 Å². The molecule has 0 bridgehead atoms. The molecule has 0 N–H and O–H groups in total. The largest absolute Gasteiger partial charge is 0.309 e. The third-order valence-corrected chi connectivity index (χ3v) is 12.6. The lowest BCUT2D eigenvalue weighted by Crippen LogP contribution is -2.40. The van der Waals surface area contributed by atoms with Crippen LogP contribution in [0.15, 0.2) is 188 Å². The SMILES string of the molecule is CC1(C)c2cc(-c3ccccc3)ccc2N(c2cccc3c2C2=CC=CCC2C3(c2ccccc2)C2C=CC=CC2)c2ccc(-c3ccccc3)cc21. The molecular formula is C52H43N. The van der Waals surface area contributed by atoms with Gasteiger partial charge in [0.2, 0.25) is 0 Å². The first-order valence-corrected chi connectivity index (χ1v) is 19.2. The molecule has 1 heteroatoms. The van der Waals surface area contributed by atoms with Crippen LogP contribution in [-0.2, 0) is 10.8 Å². The number of benzene rings is 6. The molecule has 4 aliphatic rings. The molecule has 1 aliphatic heterocycles. The second kappa shape index (κ2) is 12.3. The summed E-state index contributed by atoms with van der Waals surface area (Å²) in [6.45, 7) is 4.82. The highest BCUT2D eigenvalue weighted by atomic mass is 15.2. The molecule has 1 heterocycles. The van der Waals surface area contributed by atoms with Crippen LogP contribution in [0, 0.1) is 11.8 Å². The van der Waals surface area contributed by atoms with E-state index in [0.29, 0.717) is 11.8 Å². The first-order chi connectivity index (χ1) is 26.1. The zero-order chi connectivity index (χ0) is 35.6. The fourth-order valence-corrected chi connectivity index (χ4v) is 10.2.